The van der Waals surface area contributed by atoms with Crippen LogP contribution in [0.25, 0.3) is 0 Å². The van der Waals surface area contributed by atoms with Crippen LogP contribution >= 0.6 is 0 Å². The van der Waals surface area contributed by atoms with Crippen LogP contribution in [-0.4, -0.2) is 23.8 Å². The van der Waals surface area contributed by atoms with Gasteiger partial charge < -0.3 is 4.74 Å². The first kappa shape index (κ1) is 17.6. The summed E-state index contributed by atoms with van der Waals surface area (Å²) in [6.45, 7) is 5.02. The van der Waals surface area contributed by atoms with Crippen LogP contribution in [0.5, 0.6) is 0 Å². The molecule has 1 fully saturated rings. The first-order valence-electron chi connectivity index (χ1n) is 6.84. The highest BCUT2D eigenvalue weighted by Gasteiger charge is 2.42. The summed E-state index contributed by atoms with van der Waals surface area (Å²) in [5, 5.41) is 0. The van der Waals surface area contributed by atoms with E-state index in [9.17, 15) is 22.8 Å². The molecule has 0 atom stereocenters. The van der Waals surface area contributed by atoms with Crippen LogP contribution in [-0.2, 0) is 9.53 Å². The largest absolute Gasteiger partial charge is 0.443 e. The zero-order chi connectivity index (χ0) is 16.3. The molecule has 8 heteroatoms. The van der Waals surface area contributed by atoms with Crippen LogP contribution in [0.3, 0.4) is 0 Å². The maximum absolute atomic E-state index is 12.5. The maximum atomic E-state index is 12.5. The summed E-state index contributed by atoms with van der Waals surface area (Å²) in [7, 11) is 0. The van der Waals surface area contributed by atoms with E-state index in [1.54, 1.807) is 20.8 Å². The zero-order valence-electron chi connectivity index (χ0n) is 12.3. The summed E-state index contributed by atoms with van der Waals surface area (Å²) in [5.74, 6) is -2.33. The Morgan fingerprint density at radius 1 is 1.00 bits per heavy atom. The lowest BCUT2D eigenvalue weighted by molar-refractivity contribution is -0.184. The highest BCUT2D eigenvalue weighted by Crippen LogP contribution is 2.39. The molecule has 1 rings (SSSR count). The molecule has 1 saturated carbocycles. The normalized spacial score (nSPS) is 23.3. The van der Waals surface area contributed by atoms with Crippen molar-refractivity contribution in [3.8, 4) is 0 Å². The molecule has 0 aromatic rings. The van der Waals surface area contributed by atoms with Crippen LogP contribution in [0.15, 0.2) is 0 Å². The molecule has 0 radical (unpaired) electrons. The van der Waals surface area contributed by atoms with Crippen molar-refractivity contribution in [3.63, 3.8) is 0 Å². The summed E-state index contributed by atoms with van der Waals surface area (Å²) >= 11 is 0. The van der Waals surface area contributed by atoms with Crippen molar-refractivity contribution in [2.75, 3.05) is 0 Å². The van der Waals surface area contributed by atoms with E-state index in [0.717, 1.165) is 0 Å². The molecule has 122 valence electrons. The number of ether oxygens (including phenoxy) is 1. The Morgan fingerprint density at radius 2 is 1.52 bits per heavy atom. The maximum Gasteiger partial charge on any atom is 0.426 e. The van der Waals surface area contributed by atoms with E-state index in [-0.39, 0.29) is 25.7 Å². The van der Waals surface area contributed by atoms with Gasteiger partial charge in [-0.2, -0.15) is 13.2 Å². The smallest absolute Gasteiger partial charge is 0.426 e. The van der Waals surface area contributed by atoms with Crippen molar-refractivity contribution in [2.45, 2.75) is 58.2 Å². The average molecular weight is 310 g/mol. The van der Waals surface area contributed by atoms with Gasteiger partial charge in [0.15, 0.2) is 0 Å². The van der Waals surface area contributed by atoms with Gasteiger partial charge >= 0.3 is 12.3 Å². The molecule has 2 N–H and O–H groups in total. The first-order valence-corrected chi connectivity index (χ1v) is 6.84. The zero-order valence-corrected chi connectivity index (χ0v) is 12.3. The van der Waals surface area contributed by atoms with Crippen molar-refractivity contribution in [3.05, 3.63) is 0 Å². The molecule has 0 aliphatic heterocycles. The number of carbonyl (C=O) groups excluding carboxylic acids is 2. The monoisotopic (exact) mass is 310 g/mol. The fourth-order valence-corrected chi connectivity index (χ4v) is 2.20. The molecule has 0 aromatic heterocycles. The van der Waals surface area contributed by atoms with Gasteiger partial charge in [-0.05, 0) is 46.5 Å². The van der Waals surface area contributed by atoms with Crippen molar-refractivity contribution in [1.82, 2.24) is 10.9 Å². The summed E-state index contributed by atoms with van der Waals surface area (Å²) in [5.41, 5.74) is 3.58. The van der Waals surface area contributed by atoms with Gasteiger partial charge in [-0.15, -0.1) is 0 Å². The Kier molecular flexibility index (Phi) is 5.47. The molecule has 0 spiro atoms. The van der Waals surface area contributed by atoms with Crippen LogP contribution in [0.2, 0.25) is 0 Å². The molecule has 0 saturated heterocycles. The number of alkyl halides is 3. The van der Waals surface area contributed by atoms with Gasteiger partial charge in [-0.1, -0.05) is 0 Å². The minimum Gasteiger partial charge on any atom is -0.443 e. The molecule has 1 aliphatic carbocycles. The van der Waals surface area contributed by atoms with E-state index in [0.29, 0.717) is 0 Å². The standard InChI is InChI=1S/C13H21F3N2O3/c1-12(2,3)21-11(20)18-17-10(19)8-4-6-9(7-5-8)13(14,15)16/h8-9H,4-7H2,1-3H3,(H,17,19)(H,18,20). The van der Waals surface area contributed by atoms with Crippen molar-refractivity contribution in [1.29, 1.82) is 0 Å². The third-order valence-corrected chi connectivity index (χ3v) is 3.25. The van der Waals surface area contributed by atoms with E-state index < -0.39 is 35.6 Å². The molecular formula is C13H21F3N2O3. The Hall–Kier alpha value is -1.47. The quantitative estimate of drug-likeness (QED) is 0.732. The first-order chi connectivity index (χ1) is 9.49. The molecule has 0 heterocycles. The van der Waals surface area contributed by atoms with Gasteiger partial charge in [-0.3, -0.25) is 10.2 Å². The molecule has 2 amide bonds. The third kappa shape index (κ3) is 6.22. The highest BCUT2D eigenvalue weighted by atomic mass is 19.4. The Bertz CT molecular complexity index is 383. The number of rotatable bonds is 1. The van der Waals surface area contributed by atoms with Crippen LogP contribution in [0.1, 0.15) is 46.5 Å². The Labute approximate surface area is 121 Å². The second-order valence-corrected chi connectivity index (χ2v) is 6.21. The lowest BCUT2D eigenvalue weighted by Crippen LogP contribution is -2.47. The number of hydrazine groups is 1. The van der Waals surface area contributed by atoms with Gasteiger partial charge in [0.2, 0.25) is 5.91 Å². The number of halogens is 3. The number of nitrogens with one attached hydrogen (secondary N) is 2. The Balaban J connectivity index is 2.33. The lowest BCUT2D eigenvalue weighted by Gasteiger charge is -2.29. The van der Waals surface area contributed by atoms with Crippen LogP contribution < -0.4 is 10.9 Å². The average Bonchev–Trinajstić information content (AvgIpc) is 2.33. The van der Waals surface area contributed by atoms with E-state index in [4.69, 9.17) is 4.74 Å². The van der Waals surface area contributed by atoms with Crippen molar-refractivity contribution in [2.24, 2.45) is 11.8 Å². The summed E-state index contributed by atoms with van der Waals surface area (Å²) in [4.78, 5) is 23.1. The van der Waals surface area contributed by atoms with Crippen LogP contribution in [0, 0.1) is 11.8 Å². The predicted octanol–water partition coefficient (Wildman–Crippen LogP) is 2.91. The van der Waals surface area contributed by atoms with E-state index >= 15 is 0 Å². The number of hydrogen-bond donors (Lipinski definition) is 2. The topological polar surface area (TPSA) is 67.4 Å². The fraction of sp³-hybridized carbons (Fsp3) is 0.846. The van der Waals surface area contributed by atoms with Gasteiger partial charge in [0, 0.05) is 5.92 Å². The lowest BCUT2D eigenvalue weighted by atomic mass is 9.81. The number of carbonyl (C=O) groups is 2. The molecule has 0 bridgehead atoms. The molecule has 0 unspecified atom stereocenters. The van der Waals surface area contributed by atoms with E-state index in [1.807, 2.05) is 0 Å². The minimum absolute atomic E-state index is 0.0615. The van der Waals surface area contributed by atoms with Crippen LogP contribution in [0.4, 0.5) is 18.0 Å². The SMILES string of the molecule is CC(C)(C)OC(=O)NNC(=O)C1CCC(C(F)(F)F)CC1. The minimum atomic E-state index is -4.20. The summed E-state index contributed by atoms with van der Waals surface area (Å²) in [6, 6.07) is 0. The molecule has 21 heavy (non-hydrogen) atoms. The van der Waals surface area contributed by atoms with E-state index in [2.05, 4.69) is 10.9 Å². The van der Waals surface area contributed by atoms with E-state index in [1.165, 1.54) is 0 Å². The molecular weight excluding hydrogens is 289 g/mol. The van der Waals surface area contributed by atoms with Gasteiger partial charge in [-0.25, -0.2) is 10.2 Å². The highest BCUT2D eigenvalue weighted by molar-refractivity contribution is 5.81. The van der Waals surface area contributed by atoms with Crippen molar-refractivity contribution < 1.29 is 27.5 Å². The second-order valence-electron chi connectivity index (χ2n) is 6.21. The second kappa shape index (κ2) is 6.53. The third-order valence-electron chi connectivity index (χ3n) is 3.25. The predicted molar refractivity (Wildman–Crippen MR) is 69.0 cm³/mol. The molecule has 5 nitrogen and oxygen atoms in total. The van der Waals surface area contributed by atoms with Gasteiger partial charge in [0.25, 0.3) is 0 Å². The van der Waals surface area contributed by atoms with Gasteiger partial charge in [0.1, 0.15) is 5.60 Å². The Morgan fingerprint density at radius 3 is 1.95 bits per heavy atom. The summed E-state index contributed by atoms with van der Waals surface area (Å²) in [6.07, 6.45) is -4.81. The summed E-state index contributed by atoms with van der Waals surface area (Å²) < 4.78 is 42.4. The molecule has 0 aromatic carbocycles. The van der Waals surface area contributed by atoms with Gasteiger partial charge in [0.05, 0.1) is 5.92 Å². The number of hydrogen-bond acceptors (Lipinski definition) is 3. The van der Waals surface area contributed by atoms with Crippen molar-refractivity contribution >= 4 is 12.0 Å². The number of amides is 2. The molecule has 1 aliphatic rings. The fourth-order valence-electron chi connectivity index (χ4n) is 2.20.